The van der Waals surface area contributed by atoms with Gasteiger partial charge in [-0.1, -0.05) is 29.8 Å². The molecule has 0 radical (unpaired) electrons. The van der Waals surface area contributed by atoms with E-state index in [0.29, 0.717) is 37.5 Å². The van der Waals surface area contributed by atoms with Crippen LogP contribution >= 0.6 is 11.6 Å². The fraction of sp³-hybridized carbons (Fsp3) is 0.500. The lowest BCUT2D eigenvalue weighted by Gasteiger charge is -2.38. The van der Waals surface area contributed by atoms with Crippen molar-refractivity contribution in [1.29, 1.82) is 0 Å². The van der Waals surface area contributed by atoms with Crippen LogP contribution in [0.2, 0.25) is 5.02 Å². The lowest BCUT2D eigenvalue weighted by atomic mass is 10.0. The summed E-state index contributed by atoms with van der Waals surface area (Å²) in [4.78, 5) is 34.5. The van der Waals surface area contributed by atoms with Gasteiger partial charge in [0.25, 0.3) is 5.91 Å². The van der Waals surface area contributed by atoms with Gasteiger partial charge in [-0.2, -0.15) is 13.2 Å². The van der Waals surface area contributed by atoms with Crippen LogP contribution in [0.15, 0.2) is 24.3 Å². The molecule has 2 fully saturated rings. The Kier molecular flexibility index (Phi) is 8.04. The summed E-state index contributed by atoms with van der Waals surface area (Å²) in [5.74, 6) is -3.92. The van der Waals surface area contributed by atoms with E-state index in [1.807, 2.05) is 18.2 Å². The van der Waals surface area contributed by atoms with Gasteiger partial charge in [0.2, 0.25) is 0 Å². The molecular weight excluding hydrogens is 433 g/mol. The number of carboxylic acid groups (broad SMARTS) is 2. The maximum atomic E-state index is 12.8. The number of piperazine rings is 1. The molecule has 30 heavy (non-hydrogen) atoms. The number of ether oxygens (including phenoxy) is 1. The largest absolute Gasteiger partial charge is 0.490 e. The van der Waals surface area contributed by atoms with Crippen molar-refractivity contribution < 1.29 is 42.5 Å². The lowest BCUT2D eigenvalue weighted by molar-refractivity contribution is -0.192. The second-order valence-electron chi connectivity index (χ2n) is 6.60. The number of benzene rings is 1. The highest BCUT2D eigenvalue weighted by molar-refractivity contribution is 6.31. The second kappa shape index (κ2) is 10.1. The molecule has 1 amide bonds. The molecule has 2 saturated heterocycles. The number of carbonyl (C=O) groups excluding carboxylic acids is 1. The Balaban J connectivity index is 0.000000396. The van der Waals surface area contributed by atoms with Gasteiger partial charge in [-0.25, -0.2) is 9.59 Å². The van der Waals surface area contributed by atoms with Gasteiger partial charge in [-0.15, -0.1) is 0 Å². The van der Waals surface area contributed by atoms with Gasteiger partial charge in [0.05, 0.1) is 6.04 Å². The Hall–Kier alpha value is -2.37. The summed E-state index contributed by atoms with van der Waals surface area (Å²) in [5.41, 5.74) is 0.891. The summed E-state index contributed by atoms with van der Waals surface area (Å²) in [5, 5.41) is 20.0. The number of nitrogens with one attached hydrogen (secondary N) is 1. The van der Waals surface area contributed by atoms with Crippen molar-refractivity contribution in [2.75, 3.05) is 19.6 Å². The van der Waals surface area contributed by atoms with Crippen LogP contribution in [0.3, 0.4) is 0 Å². The summed E-state index contributed by atoms with van der Waals surface area (Å²) in [7, 11) is 0. The zero-order valence-electron chi connectivity index (χ0n) is 15.6. The molecule has 2 aliphatic heterocycles. The second-order valence-corrected chi connectivity index (χ2v) is 7.01. The Bertz CT molecular complexity index is 791. The normalized spacial score (nSPS) is 24.0. The molecule has 1 aromatic rings. The first-order valence-electron chi connectivity index (χ1n) is 8.96. The van der Waals surface area contributed by atoms with Crippen LogP contribution in [0.25, 0.3) is 0 Å². The number of nitrogens with zero attached hydrogens (tertiary/aromatic N) is 1. The zero-order chi connectivity index (χ0) is 22.5. The number of alkyl halides is 3. The number of hydrogen-bond donors (Lipinski definition) is 3. The average molecular weight is 453 g/mol. The monoisotopic (exact) mass is 452 g/mol. The van der Waals surface area contributed by atoms with Crippen LogP contribution < -0.4 is 5.32 Å². The molecule has 0 aliphatic carbocycles. The summed E-state index contributed by atoms with van der Waals surface area (Å²) in [6.45, 7) is 1.86. The third-order valence-corrected chi connectivity index (χ3v) is 4.95. The first-order chi connectivity index (χ1) is 14.0. The average Bonchev–Trinajstić information content (AvgIpc) is 3.18. The topological polar surface area (TPSA) is 116 Å². The Labute approximate surface area is 174 Å². The van der Waals surface area contributed by atoms with Gasteiger partial charge < -0.3 is 25.2 Å². The van der Waals surface area contributed by atoms with E-state index in [-0.39, 0.29) is 11.9 Å². The quantitative estimate of drug-likeness (QED) is 0.643. The van der Waals surface area contributed by atoms with Crippen molar-refractivity contribution in [2.24, 2.45) is 0 Å². The molecule has 3 rings (SSSR count). The molecule has 3 atom stereocenters. The van der Waals surface area contributed by atoms with Gasteiger partial charge >= 0.3 is 18.1 Å². The minimum Gasteiger partial charge on any atom is -0.479 e. The molecule has 2 aliphatic rings. The fourth-order valence-electron chi connectivity index (χ4n) is 3.18. The summed E-state index contributed by atoms with van der Waals surface area (Å²) >= 11 is 6.28. The number of halogens is 4. The number of rotatable bonds is 3. The Morgan fingerprint density at radius 3 is 2.27 bits per heavy atom. The highest BCUT2D eigenvalue weighted by Crippen LogP contribution is 2.31. The van der Waals surface area contributed by atoms with Crippen LogP contribution in [0.5, 0.6) is 0 Å². The molecule has 3 N–H and O–H groups in total. The molecule has 2 heterocycles. The Morgan fingerprint density at radius 2 is 1.73 bits per heavy atom. The molecule has 1 aromatic carbocycles. The first kappa shape index (κ1) is 23.9. The van der Waals surface area contributed by atoms with E-state index in [0.717, 1.165) is 5.56 Å². The van der Waals surface area contributed by atoms with Crippen molar-refractivity contribution >= 4 is 29.4 Å². The lowest BCUT2D eigenvalue weighted by Crippen LogP contribution is -2.51. The number of carbonyl (C=O) groups is 3. The molecule has 8 nitrogen and oxygen atoms in total. The molecule has 1 unspecified atom stereocenters. The van der Waals surface area contributed by atoms with E-state index in [2.05, 4.69) is 5.32 Å². The summed E-state index contributed by atoms with van der Waals surface area (Å²) in [6, 6.07) is 7.30. The van der Waals surface area contributed by atoms with Gasteiger partial charge in [-0.05, 0) is 24.5 Å². The van der Waals surface area contributed by atoms with Gasteiger partial charge in [-0.3, -0.25) is 4.79 Å². The molecule has 0 aromatic heterocycles. The number of carboxylic acids is 2. The van der Waals surface area contributed by atoms with Crippen molar-refractivity contribution in [1.82, 2.24) is 10.2 Å². The Morgan fingerprint density at radius 1 is 1.13 bits per heavy atom. The predicted octanol–water partition coefficient (Wildman–Crippen LogP) is 2.08. The smallest absolute Gasteiger partial charge is 0.479 e. The van der Waals surface area contributed by atoms with Crippen molar-refractivity contribution in [3.05, 3.63) is 34.9 Å². The van der Waals surface area contributed by atoms with E-state index in [9.17, 15) is 22.8 Å². The van der Waals surface area contributed by atoms with Gasteiger partial charge in [0, 0.05) is 24.7 Å². The maximum absolute atomic E-state index is 12.8. The van der Waals surface area contributed by atoms with E-state index in [1.165, 1.54) is 0 Å². The van der Waals surface area contributed by atoms with Gasteiger partial charge in [0.1, 0.15) is 6.10 Å². The SMILES string of the molecule is O=C(O)C(F)(F)F.O=C(O)[C@@H]1CC[C@H](C(=O)N2CCNCC2c2ccccc2Cl)O1. The van der Waals surface area contributed by atoms with Crippen LogP contribution in [-0.2, 0) is 19.1 Å². The van der Waals surface area contributed by atoms with E-state index < -0.39 is 30.3 Å². The maximum Gasteiger partial charge on any atom is 0.490 e. The van der Waals surface area contributed by atoms with Crippen LogP contribution in [-0.4, -0.2) is 71.0 Å². The number of amides is 1. The molecule has 0 bridgehead atoms. The van der Waals surface area contributed by atoms with Crippen molar-refractivity contribution in [2.45, 2.75) is 37.3 Å². The first-order valence-corrected chi connectivity index (χ1v) is 9.34. The number of hydrogen-bond acceptors (Lipinski definition) is 5. The van der Waals surface area contributed by atoms with E-state index >= 15 is 0 Å². The highest BCUT2D eigenvalue weighted by Gasteiger charge is 2.40. The van der Waals surface area contributed by atoms with Crippen LogP contribution in [0, 0.1) is 0 Å². The fourth-order valence-corrected chi connectivity index (χ4v) is 3.44. The summed E-state index contributed by atoms with van der Waals surface area (Å²) in [6.07, 6.45) is -5.84. The molecule has 166 valence electrons. The van der Waals surface area contributed by atoms with Gasteiger partial charge in [0.15, 0.2) is 6.10 Å². The predicted molar refractivity (Wildman–Crippen MR) is 98.0 cm³/mol. The molecule has 12 heteroatoms. The van der Waals surface area contributed by atoms with Crippen molar-refractivity contribution in [3.63, 3.8) is 0 Å². The molecular formula is C18H20ClF3N2O6. The standard InChI is InChI=1S/C16H19ClN2O4.C2HF3O2/c17-11-4-2-1-3-10(11)12-9-18-7-8-19(12)15(20)13-5-6-14(23-13)16(21)22;3-2(4,5)1(6)7/h1-4,12-14,18H,5-9H2,(H,21,22);(H,6,7)/t12?,13-,14+;/m1./s1. The minimum atomic E-state index is -5.08. The van der Waals surface area contributed by atoms with Crippen LogP contribution in [0.1, 0.15) is 24.4 Å². The molecule has 0 saturated carbocycles. The number of aliphatic carboxylic acids is 2. The van der Waals surface area contributed by atoms with Crippen molar-refractivity contribution in [3.8, 4) is 0 Å². The minimum absolute atomic E-state index is 0.153. The third kappa shape index (κ3) is 6.07. The highest BCUT2D eigenvalue weighted by atomic mass is 35.5. The van der Waals surface area contributed by atoms with Crippen LogP contribution in [0.4, 0.5) is 13.2 Å². The summed E-state index contributed by atoms with van der Waals surface area (Å²) < 4.78 is 37.1. The third-order valence-electron chi connectivity index (χ3n) is 4.60. The van der Waals surface area contributed by atoms with E-state index in [1.54, 1.807) is 11.0 Å². The van der Waals surface area contributed by atoms with E-state index in [4.69, 9.17) is 31.3 Å². The molecule has 0 spiro atoms. The zero-order valence-corrected chi connectivity index (χ0v) is 16.3.